The van der Waals surface area contributed by atoms with E-state index in [0.29, 0.717) is 5.92 Å². The lowest BCUT2D eigenvalue weighted by molar-refractivity contribution is 0.0105. The number of rotatable bonds is 4. The lowest BCUT2D eigenvalue weighted by Gasteiger charge is -2.37. The van der Waals surface area contributed by atoms with Gasteiger partial charge >= 0.3 is 0 Å². The van der Waals surface area contributed by atoms with Crippen LogP contribution in [0.3, 0.4) is 0 Å². The fourth-order valence-electron chi connectivity index (χ4n) is 5.08. The highest BCUT2D eigenvalue weighted by molar-refractivity contribution is 5.62. The SMILES string of the molecule is Cc1ccc(-c2[nH]ncc2CN2CC(c3nncn3C)C3(CCOCC3)C2)cc1. The van der Waals surface area contributed by atoms with Crippen molar-refractivity contribution in [3.63, 3.8) is 0 Å². The van der Waals surface area contributed by atoms with Crippen molar-refractivity contribution >= 4 is 0 Å². The van der Waals surface area contributed by atoms with Crippen LogP contribution in [0.15, 0.2) is 36.8 Å². The fourth-order valence-corrected chi connectivity index (χ4v) is 5.08. The summed E-state index contributed by atoms with van der Waals surface area (Å²) in [6.07, 6.45) is 5.95. The number of hydrogen-bond acceptors (Lipinski definition) is 5. The number of benzene rings is 1. The molecule has 0 saturated carbocycles. The molecule has 0 radical (unpaired) electrons. The number of hydrogen-bond donors (Lipinski definition) is 1. The predicted octanol–water partition coefficient (Wildman–Crippen LogP) is 2.91. The Morgan fingerprint density at radius 3 is 2.72 bits per heavy atom. The van der Waals surface area contributed by atoms with E-state index in [1.807, 2.05) is 12.5 Å². The highest BCUT2D eigenvalue weighted by atomic mass is 16.5. The average molecular weight is 393 g/mol. The molecule has 1 aromatic carbocycles. The first-order valence-electron chi connectivity index (χ1n) is 10.4. The molecule has 1 spiro atoms. The van der Waals surface area contributed by atoms with E-state index in [-0.39, 0.29) is 5.41 Å². The highest BCUT2D eigenvalue weighted by Crippen LogP contribution is 2.49. The molecule has 7 nitrogen and oxygen atoms in total. The number of aromatic amines is 1. The van der Waals surface area contributed by atoms with E-state index in [2.05, 4.69) is 68.1 Å². The van der Waals surface area contributed by atoms with Gasteiger partial charge in [0.15, 0.2) is 0 Å². The quantitative estimate of drug-likeness (QED) is 0.739. The molecule has 0 amide bonds. The number of aromatic nitrogens is 5. The van der Waals surface area contributed by atoms with Gasteiger partial charge in [-0.2, -0.15) is 5.10 Å². The van der Waals surface area contributed by atoms with Gasteiger partial charge in [-0.3, -0.25) is 10.00 Å². The zero-order valence-corrected chi connectivity index (χ0v) is 17.1. The van der Waals surface area contributed by atoms with E-state index < -0.39 is 0 Å². The van der Waals surface area contributed by atoms with E-state index in [1.165, 1.54) is 16.7 Å². The minimum absolute atomic E-state index is 0.215. The maximum Gasteiger partial charge on any atom is 0.137 e. The smallest absolute Gasteiger partial charge is 0.137 e. The number of likely N-dealkylation sites (tertiary alicyclic amines) is 1. The van der Waals surface area contributed by atoms with Crippen LogP contribution in [-0.4, -0.2) is 56.2 Å². The number of ether oxygens (including phenoxy) is 1. The van der Waals surface area contributed by atoms with E-state index in [1.54, 1.807) is 0 Å². The Bertz CT molecular complexity index is 969. The predicted molar refractivity (Wildman–Crippen MR) is 110 cm³/mol. The third-order valence-corrected chi connectivity index (χ3v) is 6.72. The van der Waals surface area contributed by atoms with Gasteiger partial charge in [-0.15, -0.1) is 10.2 Å². The van der Waals surface area contributed by atoms with Gasteiger partial charge in [0.05, 0.1) is 11.9 Å². The summed E-state index contributed by atoms with van der Waals surface area (Å²) in [4.78, 5) is 2.56. The average Bonchev–Trinajstić information content (AvgIpc) is 3.43. The van der Waals surface area contributed by atoms with Crippen molar-refractivity contribution in [2.45, 2.75) is 32.2 Å². The van der Waals surface area contributed by atoms with Crippen LogP contribution in [0.4, 0.5) is 0 Å². The summed E-state index contributed by atoms with van der Waals surface area (Å²) < 4.78 is 7.79. The summed E-state index contributed by atoms with van der Waals surface area (Å²) in [6.45, 7) is 6.72. The number of nitrogens with zero attached hydrogens (tertiary/aromatic N) is 5. The molecule has 4 heterocycles. The van der Waals surface area contributed by atoms with Crippen molar-refractivity contribution in [1.82, 2.24) is 29.9 Å². The van der Waals surface area contributed by atoms with Crippen LogP contribution in [0.5, 0.6) is 0 Å². The maximum atomic E-state index is 5.70. The molecule has 1 N–H and O–H groups in total. The monoisotopic (exact) mass is 392 g/mol. The largest absolute Gasteiger partial charge is 0.381 e. The van der Waals surface area contributed by atoms with Gasteiger partial charge in [0, 0.05) is 51.4 Å². The molecule has 2 fully saturated rings. The Balaban J connectivity index is 1.41. The summed E-state index contributed by atoms with van der Waals surface area (Å²) in [5.41, 5.74) is 5.03. The first-order valence-corrected chi connectivity index (χ1v) is 10.4. The van der Waals surface area contributed by atoms with Crippen molar-refractivity contribution in [2.24, 2.45) is 12.5 Å². The normalized spacial score (nSPS) is 21.8. The summed E-state index contributed by atoms with van der Waals surface area (Å²) in [7, 11) is 2.05. The summed E-state index contributed by atoms with van der Waals surface area (Å²) >= 11 is 0. The minimum atomic E-state index is 0.215. The van der Waals surface area contributed by atoms with Gasteiger partial charge in [0.2, 0.25) is 0 Å². The van der Waals surface area contributed by atoms with Crippen LogP contribution < -0.4 is 0 Å². The van der Waals surface area contributed by atoms with E-state index in [9.17, 15) is 0 Å². The third kappa shape index (κ3) is 3.38. The van der Waals surface area contributed by atoms with Gasteiger partial charge in [-0.1, -0.05) is 29.8 Å². The van der Waals surface area contributed by atoms with Gasteiger partial charge in [0.1, 0.15) is 12.2 Å². The maximum absolute atomic E-state index is 5.70. The van der Waals surface area contributed by atoms with Crippen LogP contribution >= 0.6 is 0 Å². The lowest BCUT2D eigenvalue weighted by atomic mass is 9.72. The van der Waals surface area contributed by atoms with Crippen LogP contribution in [-0.2, 0) is 18.3 Å². The minimum Gasteiger partial charge on any atom is -0.381 e. The second-order valence-corrected chi connectivity index (χ2v) is 8.63. The van der Waals surface area contributed by atoms with Gasteiger partial charge in [0.25, 0.3) is 0 Å². The van der Waals surface area contributed by atoms with E-state index in [4.69, 9.17) is 4.74 Å². The Hall–Kier alpha value is -2.51. The molecule has 152 valence electrons. The molecule has 2 aliphatic rings. The summed E-state index contributed by atoms with van der Waals surface area (Å²) in [6, 6.07) is 8.63. The molecule has 7 heteroatoms. The Morgan fingerprint density at radius 1 is 1.21 bits per heavy atom. The van der Waals surface area contributed by atoms with Crippen molar-refractivity contribution in [1.29, 1.82) is 0 Å². The van der Waals surface area contributed by atoms with Crippen molar-refractivity contribution < 1.29 is 4.74 Å². The molecule has 0 aliphatic carbocycles. The number of aryl methyl sites for hydroxylation is 2. The molecule has 1 atom stereocenters. The molecular weight excluding hydrogens is 364 g/mol. The third-order valence-electron chi connectivity index (χ3n) is 6.72. The molecule has 2 saturated heterocycles. The summed E-state index contributed by atoms with van der Waals surface area (Å²) in [5, 5.41) is 16.2. The van der Waals surface area contributed by atoms with E-state index in [0.717, 1.165) is 57.2 Å². The second kappa shape index (κ2) is 7.39. The van der Waals surface area contributed by atoms with Gasteiger partial charge < -0.3 is 9.30 Å². The Labute approximate surface area is 171 Å². The standard InChI is InChI=1S/C22H28N6O/c1-16-3-5-17(6-4-16)20-18(11-23-25-20)12-28-13-19(21-26-24-15-27(21)2)22(14-28)7-9-29-10-8-22/h3-6,11,15,19H,7-10,12-14H2,1-2H3,(H,23,25). The first kappa shape index (κ1) is 18.5. The first-order chi connectivity index (χ1) is 14.1. The number of H-pyrrole nitrogens is 1. The fraction of sp³-hybridized carbons (Fsp3) is 0.500. The van der Waals surface area contributed by atoms with E-state index >= 15 is 0 Å². The molecular formula is C22H28N6O. The Morgan fingerprint density at radius 2 is 2.00 bits per heavy atom. The van der Waals surface area contributed by atoms with Crippen molar-refractivity contribution in [3.05, 3.63) is 53.7 Å². The van der Waals surface area contributed by atoms with Crippen molar-refractivity contribution in [2.75, 3.05) is 26.3 Å². The topological polar surface area (TPSA) is 71.9 Å². The Kier molecular flexibility index (Phi) is 4.72. The zero-order chi connectivity index (χ0) is 19.8. The van der Waals surface area contributed by atoms with Crippen LogP contribution in [0.1, 0.15) is 35.7 Å². The van der Waals surface area contributed by atoms with Gasteiger partial charge in [-0.25, -0.2) is 0 Å². The lowest BCUT2D eigenvalue weighted by Crippen LogP contribution is -2.36. The van der Waals surface area contributed by atoms with Crippen LogP contribution in [0.25, 0.3) is 11.3 Å². The molecule has 2 aromatic heterocycles. The molecule has 0 bridgehead atoms. The number of nitrogens with one attached hydrogen (secondary N) is 1. The summed E-state index contributed by atoms with van der Waals surface area (Å²) in [5.74, 6) is 1.48. The molecule has 2 aliphatic heterocycles. The van der Waals surface area contributed by atoms with Crippen molar-refractivity contribution in [3.8, 4) is 11.3 Å². The molecule has 5 rings (SSSR count). The van der Waals surface area contributed by atoms with Gasteiger partial charge in [-0.05, 0) is 30.7 Å². The molecule has 29 heavy (non-hydrogen) atoms. The zero-order valence-electron chi connectivity index (χ0n) is 17.1. The molecule has 3 aromatic rings. The highest BCUT2D eigenvalue weighted by Gasteiger charge is 2.49. The second-order valence-electron chi connectivity index (χ2n) is 8.63. The van der Waals surface area contributed by atoms with Crippen LogP contribution in [0.2, 0.25) is 0 Å². The van der Waals surface area contributed by atoms with Crippen LogP contribution in [0, 0.1) is 12.3 Å². The molecule has 1 unspecified atom stereocenters.